The first-order chi connectivity index (χ1) is 9.99. The highest BCUT2D eigenvalue weighted by Crippen LogP contribution is 2.15. The Morgan fingerprint density at radius 2 is 2.24 bits per heavy atom. The zero-order chi connectivity index (χ0) is 15.4. The Balaban J connectivity index is 2.15. The summed E-state index contributed by atoms with van der Waals surface area (Å²) in [6.45, 7) is 0. The summed E-state index contributed by atoms with van der Waals surface area (Å²) >= 11 is 0. The lowest BCUT2D eigenvalue weighted by Crippen LogP contribution is -2.42. The number of nitrogens with zero attached hydrogens (tertiary/aromatic N) is 1. The van der Waals surface area contributed by atoms with E-state index in [9.17, 15) is 14.0 Å². The molecule has 0 aliphatic carbocycles. The van der Waals surface area contributed by atoms with Crippen LogP contribution in [0.3, 0.4) is 0 Å². The number of para-hydroxylation sites is 1. The summed E-state index contributed by atoms with van der Waals surface area (Å²) in [6.07, 6.45) is 2.88. The van der Waals surface area contributed by atoms with Crippen molar-refractivity contribution >= 4 is 17.6 Å². The van der Waals surface area contributed by atoms with E-state index in [1.807, 2.05) is 0 Å². The van der Waals surface area contributed by atoms with Gasteiger partial charge >= 0.3 is 5.97 Å². The summed E-state index contributed by atoms with van der Waals surface area (Å²) in [5.74, 6) is -2.70. The molecule has 21 heavy (non-hydrogen) atoms. The van der Waals surface area contributed by atoms with Crippen LogP contribution in [0.5, 0.6) is 0 Å². The maximum absolute atomic E-state index is 13.3. The Bertz CT molecular complexity index is 657. The van der Waals surface area contributed by atoms with Crippen molar-refractivity contribution < 1.29 is 19.1 Å². The van der Waals surface area contributed by atoms with Gasteiger partial charge in [-0.25, -0.2) is 14.2 Å². The van der Waals surface area contributed by atoms with Gasteiger partial charge in [-0.15, -0.1) is 0 Å². The average Bonchev–Trinajstić information content (AvgIpc) is 2.93. The smallest absolute Gasteiger partial charge is 0.326 e. The van der Waals surface area contributed by atoms with Gasteiger partial charge < -0.3 is 21.1 Å². The van der Waals surface area contributed by atoms with Gasteiger partial charge in [0.1, 0.15) is 11.9 Å². The normalized spacial score (nSPS) is 11.9. The molecule has 8 heteroatoms. The molecule has 2 aromatic rings. The predicted octanol–water partition coefficient (Wildman–Crippen LogP) is 0.557. The summed E-state index contributed by atoms with van der Waals surface area (Å²) in [5.41, 5.74) is 5.60. The number of nitrogens with one attached hydrogen (secondary N) is 2. The minimum Gasteiger partial charge on any atom is -0.480 e. The van der Waals surface area contributed by atoms with Crippen molar-refractivity contribution in [3.05, 3.63) is 47.8 Å². The topological polar surface area (TPSA) is 121 Å². The fourth-order valence-corrected chi connectivity index (χ4v) is 1.79. The number of carboxylic acids is 1. The molecular formula is C13H13FN4O3. The van der Waals surface area contributed by atoms with Crippen molar-refractivity contribution in [3.63, 3.8) is 0 Å². The number of nitrogens with two attached hydrogens (primary N) is 1. The summed E-state index contributed by atoms with van der Waals surface area (Å²) < 4.78 is 13.3. The lowest BCUT2D eigenvalue weighted by molar-refractivity contribution is -0.139. The van der Waals surface area contributed by atoms with E-state index < -0.39 is 23.7 Å². The third-order valence-corrected chi connectivity index (χ3v) is 2.88. The van der Waals surface area contributed by atoms with Crippen LogP contribution in [0.4, 0.5) is 10.1 Å². The van der Waals surface area contributed by atoms with Crippen LogP contribution >= 0.6 is 0 Å². The Hall–Kier alpha value is -2.90. The number of carbonyl (C=O) groups excluding carboxylic acids is 1. The van der Waals surface area contributed by atoms with Gasteiger partial charge in [-0.1, -0.05) is 6.07 Å². The molecule has 1 aromatic carbocycles. The van der Waals surface area contributed by atoms with Crippen LogP contribution in [-0.2, 0) is 11.2 Å². The Kier molecular flexibility index (Phi) is 4.17. The summed E-state index contributed by atoms with van der Waals surface area (Å²) in [7, 11) is 0. The minimum atomic E-state index is -1.21. The van der Waals surface area contributed by atoms with Crippen molar-refractivity contribution in [2.75, 3.05) is 5.73 Å². The summed E-state index contributed by atoms with van der Waals surface area (Å²) in [4.78, 5) is 29.7. The van der Waals surface area contributed by atoms with Crippen molar-refractivity contribution in [1.82, 2.24) is 15.3 Å². The van der Waals surface area contributed by atoms with E-state index in [2.05, 4.69) is 15.3 Å². The van der Waals surface area contributed by atoms with Crippen LogP contribution in [0, 0.1) is 5.82 Å². The van der Waals surface area contributed by atoms with E-state index in [0.717, 1.165) is 6.07 Å². The van der Waals surface area contributed by atoms with E-state index >= 15 is 0 Å². The number of hydrogen-bond acceptors (Lipinski definition) is 4. The van der Waals surface area contributed by atoms with Gasteiger partial charge in [0.25, 0.3) is 5.91 Å². The molecule has 2 rings (SSSR count). The number of nitrogen functional groups attached to an aromatic ring is 1. The van der Waals surface area contributed by atoms with Gasteiger partial charge in [-0.05, 0) is 12.1 Å². The van der Waals surface area contributed by atoms with Crippen molar-refractivity contribution in [2.45, 2.75) is 12.5 Å². The molecule has 0 aliphatic rings. The fourth-order valence-electron chi connectivity index (χ4n) is 1.79. The van der Waals surface area contributed by atoms with Crippen LogP contribution in [0.2, 0.25) is 0 Å². The number of aromatic nitrogens is 2. The minimum absolute atomic E-state index is 0.0241. The molecule has 1 amide bonds. The summed E-state index contributed by atoms with van der Waals surface area (Å²) in [6, 6.07) is 2.58. The van der Waals surface area contributed by atoms with Gasteiger partial charge in [0, 0.05) is 18.3 Å². The predicted molar refractivity (Wildman–Crippen MR) is 72.0 cm³/mol. The molecule has 7 nitrogen and oxygen atoms in total. The fraction of sp³-hybridized carbons (Fsp3) is 0.154. The maximum atomic E-state index is 13.3. The molecular weight excluding hydrogens is 279 g/mol. The summed E-state index contributed by atoms with van der Waals surface area (Å²) in [5, 5.41) is 11.4. The lowest BCUT2D eigenvalue weighted by Gasteiger charge is -2.14. The van der Waals surface area contributed by atoms with Crippen LogP contribution < -0.4 is 11.1 Å². The number of anilines is 1. The molecule has 0 unspecified atom stereocenters. The van der Waals surface area contributed by atoms with E-state index in [1.54, 1.807) is 0 Å². The number of rotatable bonds is 5. The second-order valence-corrected chi connectivity index (χ2v) is 4.35. The zero-order valence-electron chi connectivity index (χ0n) is 10.8. The van der Waals surface area contributed by atoms with Crippen molar-refractivity contribution in [1.29, 1.82) is 0 Å². The molecule has 0 saturated carbocycles. The first-order valence-electron chi connectivity index (χ1n) is 6.04. The molecule has 0 aliphatic heterocycles. The Morgan fingerprint density at radius 3 is 2.86 bits per heavy atom. The van der Waals surface area contributed by atoms with E-state index in [4.69, 9.17) is 10.8 Å². The third kappa shape index (κ3) is 3.35. The number of aliphatic carboxylic acids is 1. The van der Waals surface area contributed by atoms with Crippen LogP contribution in [0.25, 0.3) is 0 Å². The van der Waals surface area contributed by atoms with Crippen LogP contribution in [0.15, 0.2) is 30.7 Å². The zero-order valence-corrected chi connectivity index (χ0v) is 10.8. The van der Waals surface area contributed by atoms with Gasteiger partial charge in [0.2, 0.25) is 0 Å². The first-order valence-corrected chi connectivity index (χ1v) is 6.04. The molecule has 0 radical (unpaired) electrons. The number of halogens is 1. The molecule has 0 bridgehead atoms. The van der Waals surface area contributed by atoms with E-state index in [0.29, 0.717) is 5.69 Å². The number of H-pyrrole nitrogens is 1. The van der Waals surface area contributed by atoms with Crippen molar-refractivity contribution in [3.8, 4) is 0 Å². The van der Waals surface area contributed by atoms with Gasteiger partial charge in [-0.2, -0.15) is 0 Å². The molecule has 0 fully saturated rings. The van der Waals surface area contributed by atoms with E-state index in [-0.39, 0.29) is 17.7 Å². The number of benzene rings is 1. The number of carboxylic acid groups (broad SMARTS) is 1. The highest BCUT2D eigenvalue weighted by Gasteiger charge is 2.23. The quantitative estimate of drug-likeness (QED) is 0.600. The first kappa shape index (κ1) is 14.5. The number of amides is 1. The Morgan fingerprint density at radius 1 is 1.48 bits per heavy atom. The standard InChI is InChI=1S/C13H13FN4O3/c14-9-3-1-2-8(11(9)15)12(19)18-10(13(20)21)4-7-5-16-6-17-7/h1-3,5-6,10H,4,15H2,(H,16,17)(H,18,19)(H,20,21)/t10-/m0/s1. The molecule has 5 N–H and O–H groups in total. The number of aromatic amines is 1. The van der Waals surface area contributed by atoms with Crippen LogP contribution in [-0.4, -0.2) is 33.0 Å². The molecule has 1 aromatic heterocycles. The van der Waals surface area contributed by atoms with E-state index in [1.165, 1.54) is 24.7 Å². The number of hydrogen-bond donors (Lipinski definition) is 4. The number of imidazole rings is 1. The molecule has 0 saturated heterocycles. The highest BCUT2D eigenvalue weighted by molar-refractivity contribution is 6.00. The molecule has 0 spiro atoms. The highest BCUT2D eigenvalue weighted by atomic mass is 19.1. The second kappa shape index (κ2) is 6.04. The monoisotopic (exact) mass is 292 g/mol. The SMILES string of the molecule is Nc1c(F)cccc1C(=O)N[C@@H](Cc1cnc[nH]1)C(=O)O. The van der Waals surface area contributed by atoms with Crippen molar-refractivity contribution in [2.24, 2.45) is 0 Å². The third-order valence-electron chi connectivity index (χ3n) is 2.88. The number of carbonyl (C=O) groups is 2. The van der Waals surface area contributed by atoms with Crippen LogP contribution in [0.1, 0.15) is 16.1 Å². The largest absolute Gasteiger partial charge is 0.480 e. The molecule has 1 heterocycles. The second-order valence-electron chi connectivity index (χ2n) is 4.35. The average molecular weight is 292 g/mol. The lowest BCUT2D eigenvalue weighted by atomic mass is 10.1. The van der Waals surface area contributed by atoms with Gasteiger partial charge in [-0.3, -0.25) is 4.79 Å². The van der Waals surface area contributed by atoms with Gasteiger partial charge in [0.05, 0.1) is 17.6 Å². The van der Waals surface area contributed by atoms with Gasteiger partial charge in [0.15, 0.2) is 0 Å². The maximum Gasteiger partial charge on any atom is 0.326 e. The molecule has 110 valence electrons. The Labute approximate surface area is 119 Å². The molecule has 1 atom stereocenters.